The Labute approximate surface area is 179 Å². The fraction of sp³-hybridized carbons (Fsp3) is 0.167. The molecule has 0 unspecified atom stereocenters. The Bertz CT molecular complexity index is 1290. The molecule has 156 valence electrons. The summed E-state index contributed by atoms with van der Waals surface area (Å²) in [6, 6.07) is 20.0. The molecule has 2 aromatic carbocycles. The van der Waals surface area contributed by atoms with E-state index >= 15 is 0 Å². The predicted octanol–water partition coefficient (Wildman–Crippen LogP) is 3.75. The minimum atomic E-state index is -0.278. The zero-order valence-electron chi connectivity index (χ0n) is 17.0. The zero-order valence-corrected chi connectivity index (χ0v) is 17.0. The van der Waals surface area contributed by atoms with Crippen molar-refractivity contribution in [1.29, 1.82) is 0 Å². The lowest BCUT2D eigenvalue weighted by molar-refractivity contribution is 0.122. The smallest absolute Gasteiger partial charge is 0.271 e. The Morgan fingerprint density at radius 1 is 1.00 bits per heavy atom. The van der Waals surface area contributed by atoms with Gasteiger partial charge in [0.05, 0.1) is 24.4 Å². The molecule has 2 aromatic heterocycles. The third-order valence-electron chi connectivity index (χ3n) is 5.45. The molecule has 0 radical (unpaired) electrons. The van der Waals surface area contributed by atoms with Gasteiger partial charge in [-0.05, 0) is 54.1 Å². The third kappa shape index (κ3) is 4.08. The molecule has 1 saturated heterocycles. The maximum absolute atomic E-state index is 11.5. The summed E-state index contributed by atoms with van der Waals surface area (Å²) in [5, 5.41) is 4.42. The van der Waals surface area contributed by atoms with Crippen molar-refractivity contribution in [3.05, 3.63) is 77.2 Å². The summed E-state index contributed by atoms with van der Waals surface area (Å²) in [6.07, 6.45) is 1.67. The van der Waals surface area contributed by atoms with Gasteiger partial charge in [-0.15, -0.1) is 0 Å². The van der Waals surface area contributed by atoms with Crippen molar-refractivity contribution < 1.29 is 4.74 Å². The van der Waals surface area contributed by atoms with Gasteiger partial charge >= 0.3 is 0 Å². The van der Waals surface area contributed by atoms with Crippen LogP contribution in [0.15, 0.2) is 71.7 Å². The molecule has 0 saturated carbocycles. The van der Waals surface area contributed by atoms with E-state index in [0.717, 1.165) is 59.8 Å². The second-order valence-corrected chi connectivity index (χ2v) is 7.55. The number of fused-ring (bicyclic) bond motifs is 1. The molecule has 0 bridgehead atoms. The van der Waals surface area contributed by atoms with Gasteiger partial charge in [-0.1, -0.05) is 12.1 Å². The molecule has 5 rings (SSSR count). The van der Waals surface area contributed by atoms with Gasteiger partial charge < -0.3 is 25.7 Å². The monoisotopic (exact) mass is 413 g/mol. The van der Waals surface area contributed by atoms with E-state index < -0.39 is 0 Å². The lowest BCUT2D eigenvalue weighted by Crippen LogP contribution is -2.36. The first-order valence-electron chi connectivity index (χ1n) is 10.2. The highest BCUT2D eigenvalue weighted by Crippen LogP contribution is 2.27. The van der Waals surface area contributed by atoms with Crippen LogP contribution in [-0.4, -0.2) is 36.3 Å². The summed E-state index contributed by atoms with van der Waals surface area (Å²) >= 11 is 0. The average Bonchev–Trinajstić information content (AvgIpc) is 2.81. The summed E-state index contributed by atoms with van der Waals surface area (Å²) in [7, 11) is 0. The Morgan fingerprint density at radius 3 is 2.71 bits per heavy atom. The van der Waals surface area contributed by atoms with Crippen LogP contribution in [0.25, 0.3) is 22.0 Å². The van der Waals surface area contributed by atoms with E-state index in [1.807, 2.05) is 36.4 Å². The quantitative estimate of drug-likeness (QED) is 0.472. The van der Waals surface area contributed by atoms with Gasteiger partial charge in [0.2, 0.25) is 0 Å². The second-order valence-electron chi connectivity index (χ2n) is 7.55. The Balaban J connectivity index is 1.39. The van der Waals surface area contributed by atoms with Crippen molar-refractivity contribution in [2.24, 2.45) is 0 Å². The molecule has 1 fully saturated rings. The molecular weight excluding hydrogens is 390 g/mol. The number of aromatic amines is 1. The molecule has 3 heterocycles. The fourth-order valence-electron chi connectivity index (χ4n) is 3.79. The topological polar surface area (TPSA) is 96.3 Å². The second kappa shape index (κ2) is 8.12. The van der Waals surface area contributed by atoms with Crippen LogP contribution in [0.1, 0.15) is 0 Å². The maximum Gasteiger partial charge on any atom is 0.271 e. The third-order valence-corrected chi connectivity index (χ3v) is 5.45. The number of ether oxygens (including phenoxy) is 1. The highest BCUT2D eigenvalue weighted by atomic mass is 16.5. The highest BCUT2D eigenvalue weighted by molar-refractivity contribution is 5.86. The minimum absolute atomic E-state index is 0.203. The van der Waals surface area contributed by atoms with Crippen molar-refractivity contribution in [2.45, 2.75) is 0 Å². The van der Waals surface area contributed by atoms with Crippen LogP contribution >= 0.6 is 0 Å². The number of nitrogen functional groups attached to an aromatic ring is 1. The number of pyridine rings is 2. The molecule has 0 aliphatic carbocycles. The molecule has 1 aliphatic rings. The first-order chi connectivity index (χ1) is 15.2. The van der Waals surface area contributed by atoms with E-state index in [1.165, 1.54) is 5.69 Å². The molecule has 0 amide bonds. The van der Waals surface area contributed by atoms with Gasteiger partial charge in [-0.3, -0.25) is 4.79 Å². The van der Waals surface area contributed by atoms with E-state index in [9.17, 15) is 4.79 Å². The van der Waals surface area contributed by atoms with Gasteiger partial charge in [0.15, 0.2) is 0 Å². The molecule has 7 nitrogen and oxygen atoms in total. The number of nitrogens with two attached hydrogens (primary N) is 1. The molecule has 31 heavy (non-hydrogen) atoms. The molecule has 1 aliphatic heterocycles. The number of H-pyrrole nitrogens is 1. The van der Waals surface area contributed by atoms with Crippen molar-refractivity contribution in [3.8, 4) is 11.1 Å². The standard InChI is InChI=1S/C24H23N5O2/c25-21-13-18(15-26-24(21)30)16-4-6-22-17(12-16)5-7-23(28-22)27-19-2-1-3-20(14-19)29-8-10-31-11-9-29/h1-7,12-15H,8-11,25H2,(H,26,30)(H,27,28). The van der Waals surface area contributed by atoms with E-state index in [4.69, 9.17) is 15.5 Å². The van der Waals surface area contributed by atoms with E-state index in [0.29, 0.717) is 0 Å². The van der Waals surface area contributed by atoms with Crippen LogP contribution in [0.5, 0.6) is 0 Å². The summed E-state index contributed by atoms with van der Waals surface area (Å²) in [4.78, 5) is 21.2. The molecular formula is C24H23N5O2. The van der Waals surface area contributed by atoms with Crippen LogP contribution in [-0.2, 0) is 4.74 Å². The van der Waals surface area contributed by atoms with Crippen molar-refractivity contribution >= 4 is 33.8 Å². The number of hydrogen-bond donors (Lipinski definition) is 3. The Hall–Kier alpha value is -3.84. The number of nitrogens with one attached hydrogen (secondary N) is 2. The molecule has 4 aromatic rings. The van der Waals surface area contributed by atoms with E-state index in [-0.39, 0.29) is 11.2 Å². The summed E-state index contributed by atoms with van der Waals surface area (Å²) in [6.45, 7) is 3.33. The van der Waals surface area contributed by atoms with Crippen molar-refractivity contribution in [1.82, 2.24) is 9.97 Å². The summed E-state index contributed by atoms with van der Waals surface area (Å²) in [5.41, 5.74) is 10.6. The first-order valence-corrected chi connectivity index (χ1v) is 10.2. The Morgan fingerprint density at radius 2 is 1.87 bits per heavy atom. The van der Waals surface area contributed by atoms with Crippen molar-refractivity contribution in [3.63, 3.8) is 0 Å². The van der Waals surface area contributed by atoms with E-state index in [1.54, 1.807) is 12.3 Å². The minimum Gasteiger partial charge on any atom is -0.394 e. The number of rotatable bonds is 4. The lowest BCUT2D eigenvalue weighted by atomic mass is 10.0. The number of nitrogens with zero attached hydrogens (tertiary/aromatic N) is 2. The number of hydrogen-bond acceptors (Lipinski definition) is 6. The lowest BCUT2D eigenvalue weighted by Gasteiger charge is -2.29. The average molecular weight is 413 g/mol. The summed E-state index contributed by atoms with van der Waals surface area (Å²) < 4.78 is 5.45. The predicted molar refractivity (Wildman–Crippen MR) is 125 cm³/mol. The Kier molecular flexibility index (Phi) is 5.01. The molecule has 0 atom stereocenters. The van der Waals surface area contributed by atoms with Crippen LogP contribution in [0.4, 0.5) is 22.9 Å². The number of morpholine rings is 1. The van der Waals surface area contributed by atoms with Gasteiger partial charge in [0.1, 0.15) is 5.82 Å². The molecule has 0 spiro atoms. The van der Waals surface area contributed by atoms with Gasteiger partial charge in [-0.2, -0.15) is 0 Å². The molecule has 7 heteroatoms. The van der Waals surface area contributed by atoms with Crippen LogP contribution in [0, 0.1) is 0 Å². The SMILES string of the molecule is Nc1cc(-c2ccc3nc(Nc4cccc(N5CCOCC5)c4)ccc3c2)c[nH]c1=O. The van der Waals surface area contributed by atoms with Gasteiger partial charge in [0, 0.05) is 41.6 Å². The highest BCUT2D eigenvalue weighted by Gasteiger charge is 2.11. The van der Waals surface area contributed by atoms with Crippen molar-refractivity contribution in [2.75, 3.05) is 42.3 Å². The number of anilines is 4. The fourth-order valence-corrected chi connectivity index (χ4v) is 3.79. The van der Waals surface area contributed by atoms with Crippen LogP contribution in [0.3, 0.4) is 0 Å². The largest absolute Gasteiger partial charge is 0.394 e. The van der Waals surface area contributed by atoms with E-state index in [2.05, 4.69) is 33.4 Å². The zero-order chi connectivity index (χ0) is 21.2. The molecule has 4 N–H and O–H groups in total. The van der Waals surface area contributed by atoms with Crippen LogP contribution in [0.2, 0.25) is 0 Å². The van der Waals surface area contributed by atoms with Gasteiger partial charge in [0.25, 0.3) is 5.56 Å². The van der Waals surface area contributed by atoms with Crippen LogP contribution < -0.4 is 21.5 Å². The summed E-state index contributed by atoms with van der Waals surface area (Å²) in [5.74, 6) is 0.785. The number of aromatic nitrogens is 2. The maximum atomic E-state index is 11.5. The normalized spacial score (nSPS) is 14.0. The first kappa shape index (κ1) is 19.1. The number of benzene rings is 2. The van der Waals surface area contributed by atoms with Gasteiger partial charge in [-0.25, -0.2) is 4.98 Å².